The van der Waals surface area contributed by atoms with Crippen LogP contribution in [0.15, 0.2) is 4.52 Å². The van der Waals surface area contributed by atoms with Gasteiger partial charge in [-0.05, 0) is 39.0 Å². The zero-order valence-electron chi connectivity index (χ0n) is 13.1. The fourth-order valence-electron chi connectivity index (χ4n) is 3.00. The Morgan fingerprint density at radius 1 is 1.57 bits per heavy atom. The van der Waals surface area contributed by atoms with Gasteiger partial charge in [-0.25, -0.2) is 4.79 Å². The fourth-order valence-corrected chi connectivity index (χ4v) is 3.00. The average Bonchev–Trinajstić information content (AvgIpc) is 2.84. The van der Waals surface area contributed by atoms with Gasteiger partial charge < -0.3 is 19.8 Å². The molecule has 2 unspecified atom stereocenters. The summed E-state index contributed by atoms with van der Waals surface area (Å²) in [5.41, 5.74) is 1.80. The van der Waals surface area contributed by atoms with E-state index in [2.05, 4.69) is 10.5 Å². The topological polar surface area (TPSA) is 78.6 Å². The summed E-state index contributed by atoms with van der Waals surface area (Å²) in [4.78, 5) is 14.2. The first-order valence-electron chi connectivity index (χ1n) is 7.65. The lowest BCUT2D eigenvalue weighted by Crippen LogP contribution is -2.47. The minimum absolute atomic E-state index is 0.0694. The second-order valence-electron chi connectivity index (χ2n) is 5.79. The van der Waals surface area contributed by atoms with E-state index < -0.39 is 0 Å². The third-order valence-electron chi connectivity index (χ3n) is 4.21. The SMILES string of the molecule is CCC(NC(=O)N1CCCC(CO)C1)c1c(C)noc1C. The van der Waals surface area contributed by atoms with E-state index in [1.165, 1.54) is 0 Å². The number of aryl methyl sites for hydroxylation is 2. The van der Waals surface area contributed by atoms with Crippen molar-refractivity contribution in [2.75, 3.05) is 19.7 Å². The molecule has 0 radical (unpaired) electrons. The van der Waals surface area contributed by atoms with Crippen molar-refractivity contribution in [1.29, 1.82) is 0 Å². The van der Waals surface area contributed by atoms with Crippen LogP contribution in [0.1, 0.15) is 49.2 Å². The lowest BCUT2D eigenvalue weighted by Gasteiger charge is -2.33. The molecule has 6 nitrogen and oxygen atoms in total. The largest absolute Gasteiger partial charge is 0.396 e. The van der Waals surface area contributed by atoms with Crippen molar-refractivity contribution in [2.24, 2.45) is 5.92 Å². The van der Waals surface area contributed by atoms with Crippen LogP contribution in [0.3, 0.4) is 0 Å². The number of hydrogen-bond acceptors (Lipinski definition) is 4. The van der Waals surface area contributed by atoms with Gasteiger partial charge in [0.25, 0.3) is 0 Å². The number of likely N-dealkylation sites (tertiary alicyclic amines) is 1. The Morgan fingerprint density at radius 3 is 2.90 bits per heavy atom. The molecule has 1 aromatic rings. The molecule has 2 heterocycles. The molecule has 2 N–H and O–H groups in total. The summed E-state index contributed by atoms with van der Waals surface area (Å²) in [5.74, 6) is 0.954. The van der Waals surface area contributed by atoms with Crippen LogP contribution in [-0.4, -0.2) is 40.9 Å². The van der Waals surface area contributed by atoms with Crippen molar-refractivity contribution < 1.29 is 14.4 Å². The monoisotopic (exact) mass is 295 g/mol. The molecule has 1 aliphatic heterocycles. The highest BCUT2D eigenvalue weighted by molar-refractivity contribution is 5.75. The smallest absolute Gasteiger partial charge is 0.317 e. The normalized spacial score (nSPS) is 20.4. The molecule has 0 aliphatic carbocycles. The maximum absolute atomic E-state index is 12.4. The highest BCUT2D eigenvalue weighted by atomic mass is 16.5. The van der Waals surface area contributed by atoms with Crippen molar-refractivity contribution in [3.63, 3.8) is 0 Å². The van der Waals surface area contributed by atoms with Crippen LogP contribution in [0.4, 0.5) is 4.79 Å². The highest BCUT2D eigenvalue weighted by Gasteiger charge is 2.26. The van der Waals surface area contributed by atoms with Gasteiger partial charge in [0.2, 0.25) is 0 Å². The summed E-state index contributed by atoms with van der Waals surface area (Å²) in [6.45, 7) is 7.31. The molecule has 0 saturated carbocycles. The van der Waals surface area contributed by atoms with Crippen LogP contribution in [0.25, 0.3) is 0 Å². The standard InChI is InChI=1S/C15H25N3O3/c1-4-13(14-10(2)17-21-11(14)3)16-15(20)18-7-5-6-12(8-18)9-19/h12-13,19H,4-9H2,1-3H3,(H,16,20). The Bertz CT molecular complexity index is 467. The molecular weight excluding hydrogens is 270 g/mol. The minimum atomic E-state index is -0.0850. The van der Waals surface area contributed by atoms with E-state index in [4.69, 9.17) is 4.52 Å². The van der Waals surface area contributed by atoms with Crippen LogP contribution in [-0.2, 0) is 0 Å². The van der Waals surface area contributed by atoms with Crippen molar-refractivity contribution in [1.82, 2.24) is 15.4 Å². The molecule has 6 heteroatoms. The Morgan fingerprint density at radius 2 is 2.33 bits per heavy atom. The number of nitrogens with one attached hydrogen (secondary N) is 1. The molecule has 1 saturated heterocycles. The predicted octanol–water partition coefficient (Wildman–Crippen LogP) is 2.16. The average molecular weight is 295 g/mol. The number of urea groups is 1. The number of aromatic nitrogens is 1. The number of carbonyl (C=O) groups is 1. The van der Waals surface area contributed by atoms with Gasteiger partial charge in [0.1, 0.15) is 5.76 Å². The minimum Gasteiger partial charge on any atom is -0.396 e. The molecular formula is C15H25N3O3. The quantitative estimate of drug-likeness (QED) is 0.892. The van der Waals surface area contributed by atoms with Crippen LogP contribution in [0.2, 0.25) is 0 Å². The van der Waals surface area contributed by atoms with E-state index in [0.29, 0.717) is 6.54 Å². The fraction of sp³-hybridized carbons (Fsp3) is 0.733. The molecule has 118 valence electrons. The van der Waals surface area contributed by atoms with Gasteiger partial charge in [0.05, 0.1) is 11.7 Å². The third kappa shape index (κ3) is 3.56. The molecule has 1 fully saturated rings. The maximum Gasteiger partial charge on any atom is 0.317 e. The van der Waals surface area contributed by atoms with Crippen molar-refractivity contribution in [3.05, 3.63) is 17.0 Å². The molecule has 1 aliphatic rings. The summed E-state index contributed by atoms with van der Waals surface area (Å²) < 4.78 is 5.19. The predicted molar refractivity (Wildman–Crippen MR) is 78.9 cm³/mol. The van der Waals surface area contributed by atoms with Crippen molar-refractivity contribution >= 4 is 6.03 Å². The van der Waals surface area contributed by atoms with Gasteiger partial charge in [-0.2, -0.15) is 0 Å². The molecule has 2 amide bonds. The number of carbonyl (C=O) groups excluding carboxylic acids is 1. The maximum atomic E-state index is 12.4. The summed E-state index contributed by atoms with van der Waals surface area (Å²) in [7, 11) is 0. The molecule has 2 atom stereocenters. The lowest BCUT2D eigenvalue weighted by molar-refractivity contribution is 0.127. The Balaban J connectivity index is 2.03. The lowest BCUT2D eigenvalue weighted by atomic mass is 9.99. The zero-order chi connectivity index (χ0) is 15.4. The van der Waals surface area contributed by atoms with E-state index >= 15 is 0 Å². The summed E-state index contributed by atoms with van der Waals surface area (Å²) in [6, 6.07) is -0.154. The summed E-state index contributed by atoms with van der Waals surface area (Å²) >= 11 is 0. The van der Waals surface area contributed by atoms with Gasteiger partial charge in [-0.1, -0.05) is 12.1 Å². The van der Waals surface area contributed by atoms with Gasteiger partial charge in [0, 0.05) is 25.3 Å². The molecule has 0 spiro atoms. The highest BCUT2D eigenvalue weighted by Crippen LogP contribution is 2.24. The first kappa shape index (κ1) is 15.8. The van der Waals surface area contributed by atoms with E-state index in [-0.39, 0.29) is 24.6 Å². The Kier molecular flexibility index (Phi) is 5.22. The van der Waals surface area contributed by atoms with Gasteiger partial charge >= 0.3 is 6.03 Å². The number of aliphatic hydroxyl groups excluding tert-OH is 1. The first-order chi connectivity index (χ1) is 10.1. The number of nitrogens with zero attached hydrogens (tertiary/aromatic N) is 2. The molecule has 21 heavy (non-hydrogen) atoms. The van der Waals surface area contributed by atoms with Crippen LogP contribution in [0, 0.1) is 19.8 Å². The van der Waals surface area contributed by atoms with E-state index in [1.807, 2.05) is 20.8 Å². The van der Waals surface area contributed by atoms with Crippen LogP contribution < -0.4 is 5.32 Å². The second kappa shape index (κ2) is 6.93. The first-order valence-corrected chi connectivity index (χ1v) is 7.65. The summed E-state index contributed by atoms with van der Waals surface area (Å²) in [6.07, 6.45) is 2.72. The molecule has 0 bridgehead atoms. The number of amides is 2. The van der Waals surface area contributed by atoms with E-state index in [1.54, 1.807) is 4.90 Å². The van der Waals surface area contributed by atoms with Crippen molar-refractivity contribution in [2.45, 2.75) is 46.1 Å². The van der Waals surface area contributed by atoms with E-state index in [9.17, 15) is 9.90 Å². The van der Waals surface area contributed by atoms with Gasteiger partial charge in [0.15, 0.2) is 0 Å². The van der Waals surface area contributed by atoms with Gasteiger partial charge in [-0.3, -0.25) is 0 Å². The van der Waals surface area contributed by atoms with Crippen molar-refractivity contribution in [3.8, 4) is 0 Å². The molecule has 1 aromatic heterocycles. The zero-order valence-corrected chi connectivity index (χ0v) is 13.1. The van der Waals surface area contributed by atoms with Crippen LogP contribution in [0.5, 0.6) is 0 Å². The molecule has 2 rings (SSSR count). The van der Waals surface area contributed by atoms with Crippen LogP contribution >= 0.6 is 0 Å². The number of hydrogen-bond donors (Lipinski definition) is 2. The van der Waals surface area contributed by atoms with E-state index in [0.717, 1.165) is 42.8 Å². The Labute approximate surface area is 125 Å². The second-order valence-corrected chi connectivity index (χ2v) is 5.79. The number of piperidine rings is 1. The number of aliphatic hydroxyl groups is 1. The third-order valence-corrected chi connectivity index (χ3v) is 4.21. The summed E-state index contributed by atoms with van der Waals surface area (Å²) in [5, 5.41) is 16.3. The Hall–Kier alpha value is -1.56. The van der Waals surface area contributed by atoms with Gasteiger partial charge in [-0.15, -0.1) is 0 Å². The number of rotatable bonds is 4. The molecule has 0 aromatic carbocycles.